The topological polar surface area (TPSA) is 38.0 Å². The first kappa shape index (κ1) is 12.6. The Bertz CT molecular complexity index is 895. The highest BCUT2D eigenvalue weighted by molar-refractivity contribution is 6.23. The smallest absolute Gasteiger partial charge is 0.0101 e. The van der Waals surface area contributed by atoms with Crippen LogP contribution in [0.1, 0.15) is 12.0 Å². The van der Waals surface area contributed by atoms with Crippen LogP contribution in [-0.2, 0) is 6.42 Å². The quantitative estimate of drug-likeness (QED) is 0.256. The molecule has 0 heterocycles. The molecule has 3 N–H and O–H groups in total. The minimum Gasteiger partial charge on any atom is -0.271 e. The Labute approximate surface area is 123 Å². The Kier molecular flexibility index (Phi) is 2.99. The van der Waals surface area contributed by atoms with Crippen molar-refractivity contribution in [2.45, 2.75) is 12.8 Å². The SMILES string of the molecule is NNCCCc1ccc2ccc3cccc4ccc1c2c34. The van der Waals surface area contributed by atoms with E-state index in [1.165, 1.54) is 37.9 Å². The predicted molar refractivity (Wildman–Crippen MR) is 90.7 cm³/mol. The first-order chi connectivity index (χ1) is 10.4. The van der Waals surface area contributed by atoms with Gasteiger partial charge in [0.2, 0.25) is 0 Å². The number of aryl methyl sites for hydroxylation is 1. The molecule has 0 spiro atoms. The van der Waals surface area contributed by atoms with E-state index in [1.54, 1.807) is 0 Å². The van der Waals surface area contributed by atoms with Gasteiger partial charge < -0.3 is 0 Å². The second-order valence-electron chi connectivity index (χ2n) is 5.64. The van der Waals surface area contributed by atoms with Crippen LogP contribution in [0.5, 0.6) is 0 Å². The fraction of sp³-hybridized carbons (Fsp3) is 0.158. The summed E-state index contributed by atoms with van der Waals surface area (Å²) in [6.07, 6.45) is 2.11. The van der Waals surface area contributed by atoms with Crippen LogP contribution >= 0.6 is 0 Å². The van der Waals surface area contributed by atoms with Crippen LogP contribution in [0.15, 0.2) is 54.6 Å². The minimum absolute atomic E-state index is 0.849. The van der Waals surface area contributed by atoms with E-state index in [0.717, 1.165) is 19.4 Å². The summed E-state index contributed by atoms with van der Waals surface area (Å²) in [5, 5.41) is 8.16. The molecule has 0 aliphatic rings. The molecule has 104 valence electrons. The molecular formula is C19H18N2. The molecule has 0 aromatic heterocycles. The number of nitrogens with one attached hydrogen (secondary N) is 1. The van der Waals surface area contributed by atoms with Gasteiger partial charge in [-0.3, -0.25) is 11.3 Å². The van der Waals surface area contributed by atoms with E-state index >= 15 is 0 Å². The maximum atomic E-state index is 5.37. The van der Waals surface area contributed by atoms with E-state index in [0.29, 0.717) is 0 Å². The Morgan fingerprint density at radius 1 is 0.762 bits per heavy atom. The Morgan fingerprint density at radius 2 is 1.43 bits per heavy atom. The van der Waals surface area contributed by atoms with Crippen molar-refractivity contribution in [3.05, 3.63) is 60.2 Å². The highest BCUT2D eigenvalue weighted by Crippen LogP contribution is 2.36. The predicted octanol–water partition coefficient (Wildman–Crippen LogP) is 3.98. The van der Waals surface area contributed by atoms with E-state index in [9.17, 15) is 0 Å². The second kappa shape index (κ2) is 4.99. The fourth-order valence-electron chi connectivity index (χ4n) is 3.39. The third-order valence-electron chi connectivity index (χ3n) is 4.39. The summed E-state index contributed by atoms with van der Waals surface area (Å²) in [4.78, 5) is 0. The molecule has 0 atom stereocenters. The van der Waals surface area contributed by atoms with Crippen LogP contribution in [-0.4, -0.2) is 6.54 Å². The zero-order chi connectivity index (χ0) is 14.2. The van der Waals surface area contributed by atoms with E-state index in [2.05, 4.69) is 60.0 Å². The maximum absolute atomic E-state index is 5.37. The van der Waals surface area contributed by atoms with Gasteiger partial charge in [-0.25, -0.2) is 0 Å². The lowest BCUT2D eigenvalue weighted by atomic mass is 9.91. The highest BCUT2D eigenvalue weighted by atomic mass is 15.2. The van der Waals surface area contributed by atoms with Crippen molar-refractivity contribution in [2.75, 3.05) is 6.54 Å². The van der Waals surface area contributed by atoms with Crippen molar-refractivity contribution in [3.63, 3.8) is 0 Å². The van der Waals surface area contributed by atoms with Gasteiger partial charge in [0.25, 0.3) is 0 Å². The molecule has 0 saturated heterocycles. The van der Waals surface area contributed by atoms with Crippen LogP contribution in [0.3, 0.4) is 0 Å². The molecule has 21 heavy (non-hydrogen) atoms. The summed E-state index contributed by atoms with van der Waals surface area (Å²) in [5.41, 5.74) is 4.15. The van der Waals surface area contributed by atoms with Crippen LogP contribution in [0.2, 0.25) is 0 Å². The van der Waals surface area contributed by atoms with Gasteiger partial charge in [-0.1, -0.05) is 54.6 Å². The van der Waals surface area contributed by atoms with Gasteiger partial charge in [-0.15, -0.1) is 0 Å². The van der Waals surface area contributed by atoms with Gasteiger partial charge in [0, 0.05) is 6.54 Å². The summed E-state index contributed by atoms with van der Waals surface area (Å²) in [6, 6.07) is 20.0. The Hall–Kier alpha value is -2.16. The zero-order valence-electron chi connectivity index (χ0n) is 11.9. The van der Waals surface area contributed by atoms with Gasteiger partial charge in [0.05, 0.1) is 0 Å². The number of hydrazine groups is 1. The van der Waals surface area contributed by atoms with E-state index in [1.807, 2.05) is 0 Å². The first-order valence-electron chi connectivity index (χ1n) is 7.47. The van der Waals surface area contributed by atoms with Gasteiger partial charge in [-0.05, 0) is 50.7 Å². The summed E-state index contributed by atoms with van der Waals surface area (Å²) in [7, 11) is 0. The summed E-state index contributed by atoms with van der Waals surface area (Å²) in [5.74, 6) is 5.37. The average Bonchev–Trinajstić information content (AvgIpc) is 2.54. The van der Waals surface area contributed by atoms with Gasteiger partial charge in [0.15, 0.2) is 0 Å². The maximum Gasteiger partial charge on any atom is 0.0101 e. The number of benzene rings is 4. The fourth-order valence-corrected chi connectivity index (χ4v) is 3.39. The van der Waals surface area contributed by atoms with Crippen LogP contribution in [0, 0.1) is 0 Å². The Balaban J connectivity index is 2.01. The van der Waals surface area contributed by atoms with Gasteiger partial charge >= 0.3 is 0 Å². The summed E-state index contributed by atoms with van der Waals surface area (Å²) >= 11 is 0. The van der Waals surface area contributed by atoms with Gasteiger partial charge in [-0.2, -0.15) is 0 Å². The van der Waals surface area contributed by atoms with Crippen molar-refractivity contribution in [1.29, 1.82) is 0 Å². The largest absolute Gasteiger partial charge is 0.271 e. The number of hydrogen-bond donors (Lipinski definition) is 2. The third-order valence-corrected chi connectivity index (χ3v) is 4.39. The molecule has 4 aromatic carbocycles. The molecule has 0 radical (unpaired) electrons. The highest BCUT2D eigenvalue weighted by Gasteiger charge is 2.10. The lowest BCUT2D eigenvalue weighted by Gasteiger charge is -2.13. The minimum atomic E-state index is 0.849. The molecule has 0 bridgehead atoms. The average molecular weight is 274 g/mol. The monoisotopic (exact) mass is 274 g/mol. The van der Waals surface area contributed by atoms with Crippen LogP contribution in [0.4, 0.5) is 0 Å². The molecule has 0 unspecified atom stereocenters. The molecule has 2 nitrogen and oxygen atoms in total. The van der Waals surface area contributed by atoms with E-state index in [4.69, 9.17) is 5.84 Å². The van der Waals surface area contributed by atoms with Crippen molar-refractivity contribution in [2.24, 2.45) is 5.84 Å². The van der Waals surface area contributed by atoms with E-state index < -0.39 is 0 Å². The van der Waals surface area contributed by atoms with E-state index in [-0.39, 0.29) is 0 Å². The molecule has 4 aromatic rings. The molecule has 0 fully saturated rings. The Morgan fingerprint density at radius 3 is 2.19 bits per heavy atom. The third kappa shape index (κ3) is 1.96. The molecule has 0 saturated carbocycles. The zero-order valence-corrected chi connectivity index (χ0v) is 11.9. The molecule has 0 aliphatic heterocycles. The molecule has 0 amide bonds. The number of nitrogens with two attached hydrogens (primary N) is 1. The molecule has 2 heteroatoms. The second-order valence-corrected chi connectivity index (χ2v) is 5.64. The van der Waals surface area contributed by atoms with Crippen molar-refractivity contribution >= 4 is 32.3 Å². The van der Waals surface area contributed by atoms with Crippen molar-refractivity contribution in [3.8, 4) is 0 Å². The molecule has 4 rings (SSSR count). The van der Waals surface area contributed by atoms with Crippen LogP contribution < -0.4 is 11.3 Å². The summed E-state index contributed by atoms with van der Waals surface area (Å²) in [6.45, 7) is 0.849. The molecule has 0 aliphatic carbocycles. The number of hydrogen-bond acceptors (Lipinski definition) is 2. The lowest BCUT2D eigenvalue weighted by molar-refractivity contribution is 0.681. The standard InChI is InChI=1S/C19H18N2/c20-21-12-2-5-13-6-7-16-9-8-14-3-1-4-15-10-11-17(13)19(16)18(14)15/h1,3-4,6-11,21H,2,5,12,20H2. The first-order valence-corrected chi connectivity index (χ1v) is 7.47. The van der Waals surface area contributed by atoms with Gasteiger partial charge in [0.1, 0.15) is 0 Å². The van der Waals surface area contributed by atoms with Crippen molar-refractivity contribution in [1.82, 2.24) is 5.43 Å². The number of rotatable bonds is 4. The normalized spacial score (nSPS) is 11.9. The lowest BCUT2D eigenvalue weighted by Crippen LogP contribution is -2.23. The summed E-state index contributed by atoms with van der Waals surface area (Å²) < 4.78 is 0. The van der Waals surface area contributed by atoms with Crippen molar-refractivity contribution < 1.29 is 0 Å². The van der Waals surface area contributed by atoms with Crippen LogP contribution in [0.25, 0.3) is 32.3 Å². The molecular weight excluding hydrogens is 256 g/mol.